The summed E-state index contributed by atoms with van der Waals surface area (Å²) in [5.74, 6) is -2.57. The van der Waals surface area contributed by atoms with Crippen molar-refractivity contribution in [1.82, 2.24) is 0 Å². The van der Waals surface area contributed by atoms with Gasteiger partial charge in [0.1, 0.15) is 30.3 Å². The molecule has 0 aliphatic rings. The van der Waals surface area contributed by atoms with Gasteiger partial charge in [0, 0.05) is 6.08 Å². The van der Waals surface area contributed by atoms with Crippen LogP contribution in [0.2, 0.25) is 0 Å². The van der Waals surface area contributed by atoms with Crippen molar-refractivity contribution >= 4 is 11.9 Å². The van der Waals surface area contributed by atoms with Crippen LogP contribution < -0.4 is 0 Å². The van der Waals surface area contributed by atoms with E-state index in [1.807, 2.05) is 0 Å². The molecule has 0 unspecified atom stereocenters. The molecule has 0 amide bonds. The van der Waals surface area contributed by atoms with E-state index in [0.717, 1.165) is 12.2 Å². The molecule has 2 N–H and O–H groups in total. The summed E-state index contributed by atoms with van der Waals surface area (Å²) >= 11 is 0. The molecular formula is C12H14O6. The number of hydrogen-bond donors (Lipinski definition) is 2. The zero-order valence-electron chi connectivity index (χ0n) is 9.72. The highest BCUT2D eigenvalue weighted by Gasteiger charge is 2.14. The Kier molecular flexibility index (Phi) is 6.65. The minimum absolute atomic E-state index is 0.151. The molecule has 6 heteroatoms. The Hall–Kier alpha value is -2.50. The molecule has 98 valence electrons. The number of aliphatic hydroxyl groups excluding tert-OH is 2. The van der Waals surface area contributed by atoms with Crippen LogP contribution in [-0.4, -0.2) is 35.4 Å². The molecule has 0 atom stereocenters. The van der Waals surface area contributed by atoms with Crippen LogP contribution in [0.4, 0.5) is 0 Å². The largest absolute Gasteiger partial charge is 0.509 e. The Balaban J connectivity index is 4.29. The predicted octanol–water partition coefficient (Wildman–Crippen LogP) is 1.33. The fourth-order valence-electron chi connectivity index (χ4n) is 0.840. The monoisotopic (exact) mass is 254 g/mol. The summed E-state index contributed by atoms with van der Waals surface area (Å²) in [4.78, 5) is 22.1. The van der Waals surface area contributed by atoms with Gasteiger partial charge in [-0.05, 0) is 6.08 Å². The number of aliphatic hydroxyl groups is 2. The second kappa shape index (κ2) is 7.72. The Morgan fingerprint density at radius 1 is 1.11 bits per heavy atom. The van der Waals surface area contributed by atoms with Gasteiger partial charge >= 0.3 is 11.9 Å². The van der Waals surface area contributed by atoms with Crippen molar-refractivity contribution in [3.05, 3.63) is 49.0 Å². The lowest BCUT2D eigenvalue weighted by Gasteiger charge is -2.07. The second-order valence-corrected chi connectivity index (χ2v) is 3.00. The summed E-state index contributed by atoms with van der Waals surface area (Å²) in [6, 6.07) is 0. The molecule has 0 aliphatic carbocycles. The number of allylic oxidation sites excluding steroid dienone is 1. The van der Waals surface area contributed by atoms with E-state index in [1.54, 1.807) is 0 Å². The molecule has 0 aromatic heterocycles. The molecule has 0 fully saturated rings. The molecule has 0 radical (unpaired) electrons. The Morgan fingerprint density at radius 2 is 1.67 bits per heavy atom. The van der Waals surface area contributed by atoms with Crippen LogP contribution in [0.15, 0.2) is 49.0 Å². The van der Waals surface area contributed by atoms with Gasteiger partial charge in [0.25, 0.3) is 0 Å². The van der Waals surface area contributed by atoms with Crippen LogP contribution >= 0.6 is 0 Å². The lowest BCUT2D eigenvalue weighted by atomic mass is 10.2. The van der Waals surface area contributed by atoms with Crippen molar-refractivity contribution in [3.63, 3.8) is 0 Å². The molecule has 0 bridgehead atoms. The molecule has 0 saturated carbocycles. The van der Waals surface area contributed by atoms with E-state index in [2.05, 4.69) is 29.2 Å². The van der Waals surface area contributed by atoms with Gasteiger partial charge < -0.3 is 19.7 Å². The Bertz CT molecular complexity index is 405. The summed E-state index contributed by atoms with van der Waals surface area (Å²) in [6.07, 6.45) is 1.87. The third kappa shape index (κ3) is 6.16. The van der Waals surface area contributed by atoms with Gasteiger partial charge in [-0.25, -0.2) is 9.59 Å². The van der Waals surface area contributed by atoms with Gasteiger partial charge in [0.05, 0.1) is 0 Å². The van der Waals surface area contributed by atoms with Crippen molar-refractivity contribution in [2.24, 2.45) is 0 Å². The summed E-state index contributed by atoms with van der Waals surface area (Å²) in [5, 5.41) is 18.0. The number of carbonyl (C=O) groups excluding carboxylic acids is 2. The third-order valence-corrected chi connectivity index (χ3v) is 1.57. The molecule has 0 aromatic rings. The first-order chi connectivity index (χ1) is 8.38. The smallest absolute Gasteiger partial charge is 0.342 e. The van der Waals surface area contributed by atoms with Gasteiger partial charge in [-0.1, -0.05) is 19.7 Å². The van der Waals surface area contributed by atoms with Crippen LogP contribution in [0.3, 0.4) is 0 Å². The zero-order chi connectivity index (χ0) is 14.1. The normalized spacial score (nSPS) is 10.3. The molecule has 6 nitrogen and oxygen atoms in total. The van der Waals surface area contributed by atoms with E-state index >= 15 is 0 Å². The van der Waals surface area contributed by atoms with Gasteiger partial charge in [-0.15, -0.1) is 0 Å². The van der Waals surface area contributed by atoms with Crippen LogP contribution in [0, 0.1) is 0 Å². The second-order valence-electron chi connectivity index (χ2n) is 3.00. The van der Waals surface area contributed by atoms with E-state index in [0.29, 0.717) is 0 Å². The van der Waals surface area contributed by atoms with Gasteiger partial charge in [0.15, 0.2) is 0 Å². The maximum absolute atomic E-state index is 11.4. The molecule has 0 rings (SSSR count). The average molecular weight is 254 g/mol. The van der Waals surface area contributed by atoms with Crippen LogP contribution in [0.25, 0.3) is 0 Å². The molecule has 0 aliphatic heterocycles. The van der Waals surface area contributed by atoms with Gasteiger partial charge in [-0.3, -0.25) is 0 Å². The highest BCUT2D eigenvalue weighted by Crippen LogP contribution is 2.09. The first-order valence-corrected chi connectivity index (χ1v) is 4.82. The van der Waals surface area contributed by atoms with Crippen molar-refractivity contribution in [2.45, 2.75) is 0 Å². The average Bonchev–Trinajstić information content (AvgIpc) is 2.30. The quantitative estimate of drug-likeness (QED) is 0.234. The molecule has 0 aromatic carbocycles. The number of ether oxygens (including phenoxy) is 2. The predicted molar refractivity (Wildman–Crippen MR) is 63.7 cm³/mol. The van der Waals surface area contributed by atoms with E-state index in [1.165, 1.54) is 0 Å². The number of hydrogen-bond acceptors (Lipinski definition) is 6. The lowest BCUT2D eigenvalue weighted by Crippen LogP contribution is -2.15. The fourth-order valence-corrected chi connectivity index (χ4v) is 0.840. The maximum Gasteiger partial charge on any atom is 0.342 e. The van der Waals surface area contributed by atoms with E-state index in [9.17, 15) is 9.59 Å². The third-order valence-electron chi connectivity index (χ3n) is 1.57. The molecule has 0 spiro atoms. The van der Waals surface area contributed by atoms with Crippen LogP contribution in [0.1, 0.15) is 0 Å². The summed E-state index contributed by atoms with van der Waals surface area (Å²) in [6.45, 7) is 9.09. The van der Waals surface area contributed by atoms with Crippen molar-refractivity contribution in [1.29, 1.82) is 0 Å². The van der Waals surface area contributed by atoms with E-state index < -0.39 is 23.5 Å². The molecule has 18 heavy (non-hydrogen) atoms. The highest BCUT2D eigenvalue weighted by molar-refractivity contribution is 5.92. The SMILES string of the molecule is C=CC(=O)OCCOC(=O)/C(=C/C(=C)O)C(=C)O. The maximum atomic E-state index is 11.4. The molecular weight excluding hydrogens is 240 g/mol. The van der Waals surface area contributed by atoms with Gasteiger partial charge in [-0.2, -0.15) is 0 Å². The van der Waals surface area contributed by atoms with Crippen molar-refractivity contribution in [3.8, 4) is 0 Å². The van der Waals surface area contributed by atoms with E-state index in [-0.39, 0.29) is 18.8 Å². The van der Waals surface area contributed by atoms with Gasteiger partial charge in [0.2, 0.25) is 0 Å². The minimum Gasteiger partial charge on any atom is -0.509 e. The minimum atomic E-state index is -0.924. The first-order valence-electron chi connectivity index (χ1n) is 4.82. The molecule has 0 saturated heterocycles. The van der Waals surface area contributed by atoms with Crippen molar-refractivity contribution in [2.75, 3.05) is 13.2 Å². The Morgan fingerprint density at radius 3 is 2.11 bits per heavy atom. The highest BCUT2D eigenvalue weighted by atomic mass is 16.6. The number of carbonyl (C=O) groups is 2. The number of rotatable bonds is 7. The Labute approximate surface area is 104 Å². The standard InChI is InChI=1S/C12H14O6/c1-4-11(15)17-5-6-18-12(16)10(9(3)14)7-8(2)13/h4,7,13-14H,1-3,5-6H2/b10-7+. The summed E-state index contributed by atoms with van der Waals surface area (Å²) in [7, 11) is 0. The summed E-state index contributed by atoms with van der Waals surface area (Å²) in [5.41, 5.74) is -0.336. The number of esters is 2. The summed E-state index contributed by atoms with van der Waals surface area (Å²) < 4.78 is 9.23. The first kappa shape index (κ1) is 15.5. The molecule has 0 heterocycles. The zero-order valence-corrected chi connectivity index (χ0v) is 9.72. The topological polar surface area (TPSA) is 93.1 Å². The van der Waals surface area contributed by atoms with Crippen LogP contribution in [0.5, 0.6) is 0 Å². The van der Waals surface area contributed by atoms with Crippen LogP contribution in [-0.2, 0) is 19.1 Å². The lowest BCUT2D eigenvalue weighted by molar-refractivity contribution is -0.146. The fraction of sp³-hybridized carbons (Fsp3) is 0.167. The van der Waals surface area contributed by atoms with Crippen molar-refractivity contribution < 1.29 is 29.3 Å². The van der Waals surface area contributed by atoms with E-state index in [4.69, 9.17) is 10.2 Å².